The summed E-state index contributed by atoms with van der Waals surface area (Å²) in [5.74, 6) is 12.0. The number of benzene rings is 1. The highest BCUT2D eigenvalue weighted by molar-refractivity contribution is 5.97. The number of anilines is 1. The predicted molar refractivity (Wildman–Crippen MR) is 118 cm³/mol. The van der Waals surface area contributed by atoms with Crippen molar-refractivity contribution in [3.05, 3.63) is 47.3 Å². The molecule has 0 fully saturated rings. The number of nitrogens with two attached hydrogens (primary N) is 2. The summed E-state index contributed by atoms with van der Waals surface area (Å²) in [7, 11) is 1.43. The topological polar surface area (TPSA) is 127 Å². The molecular formula is C20H30N8O2. The van der Waals surface area contributed by atoms with Gasteiger partial charge in [0.05, 0.1) is 11.4 Å². The molecule has 0 saturated heterocycles. The largest absolute Gasteiger partial charge is 0.475 e. The lowest BCUT2D eigenvalue weighted by molar-refractivity contribution is 0.216. The molecule has 0 aliphatic carbocycles. The third-order valence-corrected chi connectivity index (χ3v) is 4.49. The minimum atomic E-state index is -0.544. The average Bonchev–Trinajstić information content (AvgIpc) is 3.22. The van der Waals surface area contributed by atoms with Crippen LogP contribution in [0.2, 0.25) is 0 Å². The van der Waals surface area contributed by atoms with Gasteiger partial charge in [0.2, 0.25) is 5.90 Å². The standard InChI is InChI=1S/C20H30N8O2/c1-6-19(24-23-15(4)17-11-12-27(7-2)25-17)30-13-16-14(3)9-8-10-18(16)28(22)20(29)26(5)21/h8-12H,6-7,13,21-22H2,1-5H3. The molecule has 0 atom stereocenters. The van der Waals surface area contributed by atoms with E-state index in [0.717, 1.165) is 33.4 Å². The van der Waals surface area contributed by atoms with Crippen LogP contribution >= 0.6 is 0 Å². The van der Waals surface area contributed by atoms with E-state index >= 15 is 0 Å². The summed E-state index contributed by atoms with van der Waals surface area (Å²) >= 11 is 0. The van der Waals surface area contributed by atoms with E-state index in [9.17, 15) is 4.79 Å². The second kappa shape index (κ2) is 10.5. The first-order chi connectivity index (χ1) is 14.3. The normalized spacial score (nSPS) is 12.1. The summed E-state index contributed by atoms with van der Waals surface area (Å²) in [4.78, 5) is 12.1. The third kappa shape index (κ3) is 5.65. The number of aryl methyl sites for hydroxylation is 2. The Labute approximate surface area is 176 Å². The fraction of sp³-hybridized carbons (Fsp3) is 0.400. The maximum Gasteiger partial charge on any atom is 0.352 e. The molecule has 0 radical (unpaired) electrons. The van der Waals surface area contributed by atoms with E-state index in [2.05, 4.69) is 15.3 Å². The van der Waals surface area contributed by atoms with Crippen molar-refractivity contribution in [3.63, 3.8) is 0 Å². The molecule has 0 aliphatic heterocycles. The number of hydrogen-bond donors (Lipinski definition) is 2. The van der Waals surface area contributed by atoms with Crippen LogP contribution < -0.4 is 16.7 Å². The van der Waals surface area contributed by atoms with Crippen LogP contribution in [0, 0.1) is 6.92 Å². The molecule has 10 nitrogen and oxygen atoms in total. The molecule has 1 aromatic heterocycles. The lowest BCUT2D eigenvalue weighted by Crippen LogP contribution is -2.49. The monoisotopic (exact) mass is 414 g/mol. The van der Waals surface area contributed by atoms with Gasteiger partial charge in [-0.2, -0.15) is 10.2 Å². The minimum Gasteiger partial charge on any atom is -0.475 e. The van der Waals surface area contributed by atoms with E-state index in [4.69, 9.17) is 16.4 Å². The highest BCUT2D eigenvalue weighted by Crippen LogP contribution is 2.23. The van der Waals surface area contributed by atoms with Gasteiger partial charge in [0.1, 0.15) is 12.3 Å². The highest BCUT2D eigenvalue weighted by atomic mass is 16.5. The number of carbonyl (C=O) groups excluding carboxylic acids is 1. The Morgan fingerprint density at radius 1 is 1.23 bits per heavy atom. The van der Waals surface area contributed by atoms with Crippen molar-refractivity contribution in [1.29, 1.82) is 0 Å². The maximum atomic E-state index is 12.1. The van der Waals surface area contributed by atoms with Crippen LogP contribution in [0.15, 0.2) is 40.7 Å². The van der Waals surface area contributed by atoms with E-state index in [1.807, 2.05) is 56.8 Å². The van der Waals surface area contributed by atoms with Crippen LogP contribution in [0.3, 0.4) is 0 Å². The summed E-state index contributed by atoms with van der Waals surface area (Å²) in [6, 6.07) is 6.82. The van der Waals surface area contributed by atoms with Crippen molar-refractivity contribution in [2.45, 2.75) is 47.3 Å². The van der Waals surface area contributed by atoms with Crippen LogP contribution in [0.1, 0.15) is 44.0 Å². The number of carbonyl (C=O) groups is 1. The Kier molecular flexibility index (Phi) is 8.07. The number of amides is 2. The summed E-state index contributed by atoms with van der Waals surface area (Å²) in [6.45, 7) is 8.69. The lowest BCUT2D eigenvalue weighted by atomic mass is 10.1. The lowest BCUT2D eigenvalue weighted by Gasteiger charge is -2.24. The summed E-state index contributed by atoms with van der Waals surface area (Å²) in [5, 5.41) is 14.8. The van der Waals surface area contributed by atoms with Crippen LogP contribution in [0.5, 0.6) is 0 Å². The van der Waals surface area contributed by atoms with Crippen molar-refractivity contribution in [2.75, 3.05) is 12.1 Å². The third-order valence-electron chi connectivity index (χ3n) is 4.49. The van der Waals surface area contributed by atoms with Gasteiger partial charge in [-0.1, -0.05) is 19.1 Å². The first-order valence-corrected chi connectivity index (χ1v) is 9.71. The summed E-state index contributed by atoms with van der Waals surface area (Å²) in [6.07, 6.45) is 2.45. The Bertz CT molecular complexity index is 933. The summed E-state index contributed by atoms with van der Waals surface area (Å²) < 4.78 is 7.71. The number of ether oxygens (including phenoxy) is 1. The summed E-state index contributed by atoms with van der Waals surface area (Å²) in [5.41, 5.74) is 3.66. The molecule has 2 amide bonds. The second-order valence-electron chi connectivity index (χ2n) is 6.71. The number of urea groups is 1. The van der Waals surface area contributed by atoms with Crippen molar-refractivity contribution in [1.82, 2.24) is 14.8 Å². The van der Waals surface area contributed by atoms with Crippen LogP contribution in [-0.2, 0) is 17.9 Å². The van der Waals surface area contributed by atoms with Gasteiger partial charge in [0.15, 0.2) is 0 Å². The first kappa shape index (κ1) is 23.0. The van der Waals surface area contributed by atoms with Gasteiger partial charge in [-0.3, -0.25) is 9.69 Å². The molecule has 1 heterocycles. The van der Waals surface area contributed by atoms with E-state index in [1.54, 1.807) is 6.07 Å². The maximum absolute atomic E-state index is 12.1. The van der Waals surface area contributed by atoms with Crippen molar-refractivity contribution < 1.29 is 9.53 Å². The van der Waals surface area contributed by atoms with Gasteiger partial charge in [-0.15, -0.1) is 5.10 Å². The van der Waals surface area contributed by atoms with E-state index in [0.29, 0.717) is 23.7 Å². The molecule has 0 unspecified atom stereocenters. The predicted octanol–water partition coefficient (Wildman–Crippen LogP) is 2.57. The Balaban J connectivity index is 2.19. The number of rotatable bonds is 7. The van der Waals surface area contributed by atoms with E-state index in [-0.39, 0.29) is 6.61 Å². The van der Waals surface area contributed by atoms with Crippen LogP contribution in [0.25, 0.3) is 0 Å². The van der Waals surface area contributed by atoms with Gasteiger partial charge in [0.25, 0.3) is 0 Å². The molecule has 162 valence electrons. The fourth-order valence-electron chi connectivity index (χ4n) is 2.64. The Hall–Kier alpha value is -3.24. The fourth-order valence-corrected chi connectivity index (χ4v) is 2.64. The molecule has 0 saturated carbocycles. The smallest absolute Gasteiger partial charge is 0.352 e. The van der Waals surface area contributed by atoms with Crippen molar-refractivity contribution in [3.8, 4) is 0 Å². The zero-order chi connectivity index (χ0) is 22.3. The van der Waals surface area contributed by atoms with Crippen LogP contribution in [-0.4, -0.2) is 39.5 Å². The molecule has 30 heavy (non-hydrogen) atoms. The minimum absolute atomic E-state index is 0.184. The molecule has 1 aromatic carbocycles. The Morgan fingerprint density at radius 2 is 1.97 bits per heavy atom. The number of hydrogen-bond acceptors (Lipinski definition) is 7. The number of nitrogens with zero attached hydrogens (tertiary/aromatic N) is 6. The molecule has 2 rings (SSSR count). The quantitative estimate of drug-likeness (QED) is 0.237. The molecule has 0 bridgehead atoms. The number of hydrazine groups is 2. The number of aromatic nitrogens is 2. The SMILES string of the molecule is CCC(=NN=C(C)c1ccn(CC)n1)OCc1c(C)cccc1N(N)C(=O)N(C)N. The molecule has 0 spiro atoms. The molecule has 4 N–H and O–H groups in total. The first-order valence-electron chi connectivity index (χ1n) is 9.71. The van der Waals surface area contributed by atoms with Gasteiger partial charge < -0.3 is 4.74 Å². The molecular weight excluding hydrogens is 384 g/mol. The Morgan fingerprint density at radius 3 is 2.57 bits per heavy atom. The zero-order valence-electron chi connectivity index (χ0n) is 18.2. The second-order valence-corrected chi connectivity index (χ2v) is 6.71. The van der Waals surface area contributed by atoms with E-state index in [1.165, 1.54) is 7.05 Å². The van der Waals surface area contributed by atoms with Gasteiger partial charge in [0, 0.05) is 31.8 Å². The molecule has 2 aromatic rings. The van der Waals surface area contributed by atoms with Gasteiger partial charge in [-0.25, -0.2) is 21.5 Å². The van der Waals surface area contributed by atoms with Crippen molar-refractivity contribution >= 4 is 23.3 Å². The van der Waals surface area contributed by atoms with Crippen molar-refractivity contribution in [2.24, 2.45) is 21.9 Å². The van der Waals surface area contributed by atoms with E-state index < -0.39 is 6.03 Å². The van der Waals surface area contributed by atoms with Gasteiger partial charge >= 0.3 is 6.03 Å². The highest BCUT2D eigenvalue weighted by Gasteiger charge is 2.19. The van der Waals surface area contributed by atoms with Crippen LogP contribution in [0.4, 0.5) is 10.5 Å². The van der Waals surface area contributed by atoms with Gasteiger partial charge in [-0.05, 0) is 38.5 Å². The molecule has 0 aliphatic rings. The zero-order valence-corrected chi connectivity index (χ0v) is 18.2. The molecule has 10 heteroatoms. The average molecular weight is 415 g/mol.